The van der Waals surface area contributed by atoms with Gasteiger partial charge in [0.2, 0.25) is 5.60 Å². The van der Waals surface area contributed by atoms with Crippen molar-refractivity contribution in [2.24, 2.45) is 11.8 Å². The lowest BCUT2D eigenvalue weighted by Crippen LogP contribution is -2.49. The zero-order valence-corrected chi connectivity index (χ0v) is 16.1. The van der Waals surface area contributed by atoms with Crippen LogP contribution in [0.2, 0.25) is 0 Å². The molecular formula is C22H26O6. The Morgan fingerprint density at radius 3 is 2.43 bits per heavy atom. The summed E-state index contributed by atoms with van der Waals surface area (Å²) in [5.41, 5.74) is -1.22. The van der Waals surface area contributed by atoms with Gasteiger partial charge in [0.25, 0.3) is 0 Å². The van der Waals surface area contributed by atoms with Crippen LogP contribution in [0.4, 0.5) is 0 Å². The van der Waals surface area contributed by atoms with E-state index >= 15 is 0 Å². The van der Waals surface area contributed by atoms with Gasteiger partial charge in [0, 0.05) is 17.9 Å². The molecule has 28 heavy (non-hydrogen) atoms. The number of hydrogen-bond donors (Lipinski definition) is 1. The fourth-order valence-corrected chi connectivity index (χ4v) is 4.29. The highest BCUT2D eigenvalue weighted by Crippen LogP contribution is 2.45. The summed E-state index contributed by atoms with van der Waals surface area (Å²) in [5, 5.41) is 9.53. The molecule has 0 unspecified atom stereocenters. The molecule has 1 fully saturated rings. The number of carboxylic acids is 1. The molecule has 0 bridgehead atoms. The van der Waals surface area contributed by atoms with Crippen LogP contribution < -0.4 is 0 Å². The van der Waals surface area contributed by atoms with Crippen molar-refractivity contribution in [3.63, 3.8) is 0 Å². The molecule has 1 aromatic rings. The van der Waals surface area contributed by atoms with Gasteiger partial charge < -0.3 is 14.6 Å². The van der Waals surface area contributed by atoms with Crippen molar-refractivity contribution in [2.75, 3.05) is 6.61 Å². The molecule has 0 heterocycles. The van der Waals surface area contributed by atoms with E-state index in [1.165, 1.54) is 0 Å². The summed E-state index contributed by atoms with van der Waals surface area (Å²) in [6, 6.07) is 8.40. The van der Waals surface area contributed by atoms with Gasteiger partial charge in [0.05, 0.1) is 12.2 Å². The molecule has 0 amide bonds. The third-order valence-electron chi connectivity index (χ3n) is 5.70. The summed E-state index contributed by atoms with van der Waals surface area (Å²) < 4.78 is 11.0. The van der Waals surface area contributed by atoms with Gasteiger partial charge in [-0.2, -0.15) is 0 Å². The zero-order chi connectivity index (χ0) is 20.1. The fourth-order valence-electron chi connectivity index (χ4n) is 4.29. The van der Waals surface area contributed by atoms with Crippen LogP contribution in [-0.4, -0.2) is 35.2 Å². The van der Waals surface area contributed by atoms with Crippen LogP contribution >= 0.6 is 0 Å². The van der Waals surface area contributed by atoms with Gasteiger partial charge in [-0.25, -0.2) is 14.4 Å². The second kappa shape index (κ2) is 8.59. The normalized spacial score (nSPS) is 24.6. The quantitative estimate of drug-likeness (QED) is 0.718. The van der Waals surface area contributed by atoms with Crippen molar-refractivity contribution in [1.29, 1.82) is 0 Å². The van der Waals surface area contributed by atoms with Crippen molar-refractivity contribution in [3.05, 3.63) is 47.5 Å². The van der Waals surface area contributed by atoms with Crippen LogP contribution in [0, 0.1) is 11.8 Å². The highest BCUT2D eigenvalue weighted by Gasteiger charge is 2.55. The first kappa shape index (κ1) is 20.1. The van der Waals surface area contributed by atoms with Gasteiger partial charge in [-0.1, -0.05) is 50.0 Å². The van der Waals surface area contributed by atoms with Crippen LogP contribution in [0.15, 0.2) is 42.0 Å². The topological polar surface area (TPSA) is 89.9 Å². The molecule has 0 aromatic heterocycles. The average molecular weight is 386 g/mol. The zero-order valence-electron chi connectivity index (χ0n) is 16.1. The maximum absolute atomic E-state index is 13.0. The van der Waals surface area contributed by atoms with Gasteiger partial charge in [-0.3, -0.25) is 0 Å². The lowest BCUT2D eigenvalue weighted by Gasteiger charge is -2.34. The second-order valence-corrected chi connectivity index (χ2v) is 7.53. The van der Waals surface area contributed by atoms with Gasteiger partial charge in [-0.15, -0.1) is 0 Å². The standard InChI is InChI=1S/C22H26O6/c1-2-27-21(26)22(28-20(25)16-10-4-3-5-11-16)14-17(19(23)24)13-18(22)12-15-8-6-7-9-15/h3-5,10-11,13,15,18H,2,6-9,12,14H2,1H3,(H,23,24)/t18-,22+/m1/s1. The van der Waals surface area contributed by atoms with E-state index in [2.05, 4.69) is 0 Å². The Kier molecular flexibility index (Phi) is 6.17. The predicted octanol–water partition coefficient (Wildman–Crippen LogP) is 3.76. The van der Waals surface area contributed by atoms with E-state index in [1.54, 1.807) is 43.3 Å². The van der Waals surface area contributed by atoms with E-state index in [1.807, 2.05) is 0 Å². The van der Waals surface area contributed by atoms with Gasteiger partial charge in [-0.05, 0) is 31.4 Å². The Labute approximate surface area is 164 Å². The average Bonchev–Trinajstić information content (AvgIpc) is 3.32. The first-order valence-electron chi connectivity index (χ1n) is 9.86. The summed E-state index contributed by atoms with van der Waals surface area (Å²) in [6.07, 6.45) is 6.37. The van der Waals surface area contributed by atoms with Crippen LogP contribution in [-0.2, 0) is 19.1 Å². The fraction of sp³-hybridized carbons (Fsp3) is 0.500. The Morgan fingerprint density at radius 2 is 1.82 bits per heavy atom. The van der Waals surface area contributed by atoms with Gasteiger partial charge in [0.1, 0.15) is 0 Å². The van der Waals surface area contributed by atoms with E-state index in [0.29, 0.717) is 17.9 Å². The minimum atomic E-state index is -1.63. The van der Waals surface area contributed by atoms with E-state index in [4.69, 9.17) is 9.47 Å². The lowest BCUT2D eigenvalue weighted by atomic mass is 9.82. The van der Waals surface area contributed by atoms with Crippen LogP contribution in [0.5, 0.6) is 0 Å². The smallest absolute Gasteiger partial charge is 0.351 e. The molecular weight excluding hydrogens is 360 g/mol. The maximum Gasteiger partial charge on any atom is 0.351 e. The van der Waals surface area contributed by atoms with Crippen LogP contribution in [0.1, 0.15) is 55.8 Å². The molecule has 2 aliphatic carbocycles. The summed E-state index contributed by atoms with van der Waals surface area (Å²) in [7, 11) is 0. The molecule has 0 radical (unpaired) electrons. The molecule has 2 aliphatic rings. The highest BCUT2D eigenvalue weighted by molar-refractivity contribution is 5.96. The number of rotatable bonds is 7. The summed E-state index contributed by atoms with van der Waals surface area (Å²) in [6.45, 7) is 1.80. The number of aliphatic carboxylic acids is 1. The minimum Gasteiger partial charge on any atom is -0.478 e. The van der Waals surface area contributed by atoms with Crippen LogP contribution in [0.3, 0.4) is 0 Å². The largest absolute Gasteiger partial charge is 0.478 e. The highest BCUT2D eigenvalue weighted by atomic mass is 16.6. The number of carbonyl (C=O) groups excluding carboxylic acids is 2. The van der Waals surface area contributed by atoms with E-state index in [9.17, 15) is 19.5 Å². The maximum atomic E-state index is 13.0. The first-order valence-corrected chi connectivity index (χ1v) is 9.86. The molecule has 1 N–H and O–H groups in total. The van der Waals surface area contributed by atoms with E-state index in [-0.39, 0.29) is 18.6 Å². The number of ether oxygens (including phenoxy) is 2. The van der Waals surface area contributed by atoms with Gasteiger partial charge in [0.15, 0.2) is 0 Å². The number of carbonyl (C=O) groups is 3. The van der Waals surface area contributed by atoms with E-state index in [0.717, 1.165) is 25.7 Å². The summed E-state index contributed by atoms with van der Waals surface area (Å²) in [4.78, 5) is 37.4. The first-order chi connectivity index (χ1) is 13.5. The minimum absolute atomic E-state index is 0.0944. The molecule has 6 heteroatoms. The molecule has 0 saturated heterocycles. The Bertz CT molecular complexity index is 762. The summed E-state index contributed by atoms with van der Waals surface area (Å²) >= 11 is 0. The Hall–Kier alpha value is -2.63. The molecule has 3 rings (SSSR count). The predicted molar refractivity (Wildman–Crippen MR) is 102 cm³/mol. The number of hydrogen-bond acceptors (Lipinski definition) is 5. The molecule has 150 valence electrons. The summed E-state index contributed by atoms with van der Waals surface area (Å²) in [5.74, 6) is -2.54. The van der Waals surface area contributed by atoms with Crippen molar-refractivity contribution in [2.45, 2.75) is 51.0 Å². The van der Waals surface area contributed by atoms with Gasteiger partial charge >= 0.3 is 17.9 Å². The molecule has 0 aliphatic heterocycles. The third-order valence-corrected chi connectivity index (χ3v) is 5.70. The van der Waals surface area contributed by atoms with Crippen molar-refractivity contribution in [3.8, 4) is 0 Å². The molecule has 1 aromatic carbocycles. The molecule has 1 saturated carbocycles. The monoisotopic (exact) mass is 386 g/mol. The lowest BCUT2D eigenvalue weighted by molar-refractivity contribution is -0.169. The van der Waals surface area contributed by atoms with Crippen molar-refractivity contribution >= 4 is 17.9 Å². The van der Waals surface area contributed by atoms with Crippen molar-refractivity contribution in [1.82, 2.24) is 0 Å². The molecule has 0 spiro atoms. The third kappa shape index (κ3) is 4.11. The Morgan fingerprint density at radius 1 is 1.14 bits per heavy atom. The number of carboxylic acid groups (broad SMARTS) is 1. The van der Waals surface area contributed by atoms with Crippen LogP contribution in [0.25, 0.3) is 0 Å². The number of esters is 2. The molecule has 6 nitrogen and oxygen atoms in total. The van der Waals surface area contributed by atoms with Crippen molar-refractivity contribution < 1.29 is 29.0 Å². The SMILES string of the molecule is CCOC(=O)[C@]1(OC(=O)c2ccccc2)CC(C(=O)O)=C[C@H]1CC1CCCC1. The molecule has 2 atom stereocenters. The Balaban J connectivity index is 1.94. The second-order valence-electron chi connectivity index (χ2n) is 7.53. The van der Waals surface area contributed by atoms with E-state index < -0.39 is 29.4 Å². The number of benzene rings is 1.